The molecule has 0 aliphatic heterocycles. The van der Waals surface area contributed by atoms with Gasteiger partial charge in [-0.2, -0.15) is 0 Å². The van der Waals surface area contributed by atoms with Crippen molar-refractivity contribution in [2.75, 3.05) is 6.61 Å². The quantitative estimate of drug-likeness (QED) is 0.911. The van der Waals surface area contributed by atoms with Crippen LogP contribution in [-0.2, 0) is 6.42 Å². The highest BCUT2D eigenvalue weighted by Crippen LogP contribution is 2.29. The fourth-order valence-electron chi connectivity index (χ4n) is 2.35. The minimum atomic E-state index is 0.234. The van der Waals surface area contributed by atoms with Crippen LogP contribution in [0.4, 0.5) is 0 Å². The van der Waals surface area contributed by atoms with E-state index in [4.69, 9.17) is 5.11 Å². The number of aromatic nitrogens is 1. The van der Waals surface area contributed by atoms with Crippen LogP contribution in [0.3, 0.4) is 0 Å². The molecule has 1 aromatic heterocycles. The van der Waals surface area contributed by atoms with Crippen LogP contribution in [0.15, 0.2) is 17.5 Å². The normalized spacial score (nSPS) is 10.9. The molecule has 0 unspecified atom stereocenters. The molecule has 2 nitrogen and oxygen atoms in total. The second kappa shape index (κ2) is 5.63. The molecule has 1 aromatic carbocycles. The van der Waals surface area contributed by atoms with Gasteiger partial charge in [0, 0.05) is 24.0 Å². The summed E-state index contributed by atoms with van der Waals surface area (Å²) in [6.07, 6.45) is 1.66. The third-order valence-corrected chi connectivity index (χ3v) is 3.94. The van der Waals surface area contributed by atoms with Gasteiger partial charge in [-0.05, 0) is 38.3 Å². The Morgan fingerprint density at radius 1 is 1.17 bits per heavy atom. The van der Waals surface area contributed by atoms with Gasteiger partial charge in [-0.1, -0.05) is 17.7 Å². The molecule has 0 aliphatic rings. The first kappa shape index (κ1) is 13.2. The van der Waals surface area contributed by atoms with E-state index in [0.717, 1.165) is 23.5 Å². The molecule has 3 heteroatoms. The summed E-state index contributed by atoms with van der Waals surface area (Å²) in [5.41, 5.74) is 6.19. The van der Waals surface area contributed by atoms with E-state index in [1.807, 2.05) is 0 Å². The average molecular weight is 261 g/mol. The van der Waals surface area contributed by atoms with Crippen molar-refractivity contribution in [3.8, 4) is 11.3 Å². The molecule has 18 heavy (non-hydrogen) atoms. The van der Waals surface area contributed by atoms with Gasteiger partial charge >= 0.3 is 0 Å². The van der Waals surface area contributed by atoms with Gasteiger partial charge in [0.1, 0.15) is 0 Å². The van der Waals surface area contributed by atoms with E-state index >= 15 is 0 Å². The number of thiazole rings is 1. The summed E-state index contributed by atoms with van der Waals surface area (Å²) in [7, 11) is 0. The Bertz CT molecular complexity index is 522. The zero-order chi connectivity index (χ0) is 13.1. The second-order valence-corrected chi connectivity index (χ2v) is 5.67. The molecule has 0 radical (unpaired) electrons. The summed E-state index contributed by atoms with van der Waals surface area (Å²) < 4.78 is 0. The van der Waals surface area contributed by atoms with Crippen LogP contribution in [0, 0.1) is 20.8 Å². The average Bonchev–Trinajstić information content (AvgIpc) is 2.73. The maximum absolute atomic E-state index is 8.85. The predicted octanol–water partition coefficient (Wildman–Crippen LogP) is 3.66. The molecule has 2 aromatic rings. The number of benzene rings is 1. The summed E-state index contributed by atoms with van der Waals surface area (Å²) in [5, 5.41) is 12.1. The van der Waals surface area contributed by atoms with Crippen molar-refractivity contribution in [1.29, 1.82) is 0 Å². The van der Waals surface area contributed by atoms with Crippen molar-refractivity contribution < 1.29 is 5.11 Å². The summed E-state index contributed by atoms with van der Waals surface area (Å²) >= 11 is 1.68. The van der Waals surface area contributed by atoms with Crippen molar-refractivity contribution in [2.24, 2.45) is 0 Å². The molecular weight excluding hydrogens is 242 g/mol. The van der Waals surface area contributed by atoms with Gasteiger partial charge in [0.2, 0.25) is 0 Å². The largest absolute Gasteiger partial charge is 0.396 e. The van der Waals surface area contributed by atoms with Crippen LogP contribution in [0.25, 0.3) is 11.3 Å². The molecule has 2 rings (SSSR count). The monoisotopic (exact) mass is 261 g/mol. The van der Waals surface area contributed by atoms with E-state index in [1.165, 1.54) is 22.3 Å². The topological polar surface area (TPSA) is 33.1 Å². The molecule has 1 heterocycles. The molecule has 0 saturated heterocycles. The molecular formula is C15H19NOS. The Hall–Kier alpha value is -1.19. The van der Waals surface area contributed by atoms with Gasteiger partial charge in [-0.3, -0.25) is 0 Å². The summed E-state index contributed by atoms with van der Waals surface area (Å²) in [5.74, 6) is 0. The standard InChI is InChI=1S/C15H19NOS/c1-10-7-11(2)15(12(3)8-10)13-9-18-14(16-13)5-4-6-17/h7-9,17H,4-6H2,1-3H3. The molecule has 0 aliphatic carbocycles. The van der Waals surface area contributed by atoms with Crippen LogP contribution in [0.5, 0.6) is 0 Å². The van der Waals surface area contributed by atoms with Gasteiger partial charge in [-0.15, -0.1) is 11.3 Å². The number of aliphatic hydroxyl groups excluding tert-OH is 1. The van der Waals surface area contributed by atoms with Gasteiger partial charge in [0.15, 0.2) is 0 Å². The lowest BCUT2D eigenvalue weighted by atomic mass is 9.98. The summed E-state index contributed by atoms with van der Waals surface area (Å²) in [6.45, 7) is 6.64. The molecule has 0 atom stereocenters. The molecule has 0 fully saturated rings. The Kier molecular flexibility index (Phi) is 4.15. The fourth-order valence-corrected chi connectivity index (χ4v) is 3.19. The highest BCUT2D eigenvalue weighted by molar-refractivity contribution is 7.09. The first-order valence-corrected chi connectivity index (χ1v) is 7.13. The van der Waals surface area contributed by atoms with E-state index in [-0.39, 0.29) is 6.61 Å². The number of nitrogens with zero attached hydrogens (tertiary/aromatic N) is 1. The number of rotatable bonds is 4. The van der Waals surface area contributed by atoms with Crippen LogP contribution in [0.1, 0.15) is 28.1 Å². The Balaban J connectivity index is 2.34. The molecule has 0 amide bonds. The summed E-state index contributed by atoms with van der Waals surface area (Å²) in [4.78, 5) is 4.68. The third-order valence-electron chi connectivity index (χ3n) is 3.03. The van der Waals surface area contributed by atoms with Crippen molar-refractivity contribution in [2.45, 2.75) is 33.6 Å². The summed E-state index contributed by atoms with van der Waals surface area (Å²) in [6, 6.07) is 4.41. The van der Waals surface area contributed by atoms with Crippen LogP contribution in [0.2, 0.25) is 0 Å². The zero-order valence-electron chi connectivity index (χ0n) is 11.2. The van der Waals surface area contributed by atoms with E-state index in [2.05, 4.69) is 43.3 Å². The van der Waals surface area contributed by atoms with Gasteiger partial charge in [-0.25, -0.2) is 4.98 Å². The SMILES string of the molecule is Cc1cc(C)c(-c2csc(CCCO)n2)c(C)c1. The van der Waals surface area contributed by atoms with E-state index in [1.54, 1.807) is 11.3 Å². The van der Waals surface area contributed by atoms with Crippen molar-refractivity contribution in [1.82, 2.24) is 4.98 Å². The minimum Gasteiger partial charge on any atom is -0.396 e. The van der Waals surface area contributed by atoms with E-state index in [9.17, 15) is 0 Å². The predicted molar refractivity (Wildman–Crippen MR) is 77.2 cm³/mol. The highest BCUT2D eigenvalue weighted by atomic mass is 32.1. The lowest BCUT2D eigenvalue weighted by molar-refractivity contribution is 0.288. The number of aliphatic hydroxyl groups is 1. The van der Waals surface area contributed by atoms with E-state index < -0.39 is 0 Å². The smallest absolute Gasteiger partial charge is 0.0933 e. The number of aryl methyl sites for hydroxylation is 4. The van der Waals surface area contributed by atoms with Gasteiger partial charge < -0.3 is 5.11 Å². The Morgan fingerprint density at radius 2 is 1.83 bits per heavy atom. The molecule has 0 saturated carbocycles. The third kappa shape index (κ3) is 2.79. The molecule has 0 bridgehead atoms. The zero-order valence-corrected chi connectivity index (χ0v) is 12.0. The molecule has 0 spiro atoms. The van der Waals surface area contributed by atoms with Crippen molar-refractivity contribution >= 4 is 11.3 Å². The van der Waals surface area contributed by atoms with Crippen molar-refractivity contribution in [3.63, 3.8) is 0 Å². The first-order chi connectivity index (χ1) is 8.61. The lowest BCUT2D eigenvalue weighted by Gasteiger charge is -2.08. The van der Waals surface area contributed by atoms with Gasteiger partial charge in [0.25, 0.3) is 0 Å². The Labute approximate surface area is 112 Å². The van der Waals surface area contributed by atoms with Crippen molar-refractivity contribution in [3.05, 3.63) is 39.2 Å². The molecule has 1 N–H and O–H groups in total. The number of hydrogen-bond donors (Lipinski definition) is 1. The second-order valence-electron chi connectivity index (χ2n) is 4.73. The van der Waals surface area contributed by atoms with E-state index in [0.29, 0.717) is 0 Å². The van der Waals surface area contributed by atoms with Crippen LogP contribution in [-0.4, -0.2) is 16.7 Å². The minimum absolute atomic E-state index is 0.234. The van der Waals surface area contributed by atoms with Crippen LogP contribution >= 0.6 is 11.3 Å². The van der Waals surface area contributed by atoms with Crippen LogP contribution < -0.4 is 0 Å². The lowest BCUT2D eigenvalue weighted by Crippen LogP contribution is -1.92. The maximum atomic E-state index is 8.85. The Morgan fingerprint density at radius 3 is 2.44 bits per heavy atom. The molecule has 96 valence electrons. The maximum Gasteiger partial charge on any atom is 0.0933 e. The highest BCUT2D eigenvalue weighted by Gasteiger charge is 2.10. The van der Waals surface area contributed by atoms with Gasteiger partial charge in [0.05, 0.1) is 10.7 Å². The first-order valence-electron chi connectivity index (χ1n) is 6.25. The number of hydrogen-bond acceptors (Lipinski definition) is 3. The fraction of sp³-hybridized carbons (Fsp3) is 0.400.